The van der Waals surface area contributed by atoms with E-state index in [4.69, 9.17) is 0 Å². The van der Waals surface area contributed by atoms with E-state index in [1.165, 1.54) is 25.7 Å². The first-order chi connectivity index (χ1) is 8.62. The van der Waals surface area contributed by atoms with Crippen molar-refractivity contribution >= 4 is 5.78 Å². The van der Waals surface area contributed by atoms with Crippen molar-refractivity contribution in [1.82, 2.24) is 4.90 Å². The first-order valence-electron chi connectivity index (χ1n) is 7.95. The molecule has 1 aliphatic carbocycles. The minimum Gasteiger partial charge on any atom is -0.297 e. The Bertz CT molecular complexity index is 347. The van der Waals surface area contributed by atoms with Crippen LogP contribution in [0, 0.1) is 11.3 Å². The molecule has 19 heavy (non-hydrogen) atoms. The highest BCUT2D eigenvalue weighted by Gasteiger charge is 2.50. The number of rotatable bonds is 1. The van der Waals surface area contributed by atoms with Gasteiger partial charge in [-0.05, 0) is 46.0 Å². The van der Waals surface area contributed by atoms with Gasteiger partial charge in [0.05, 0.1) is 6.04 Å². The topological polar surface area (TPSA) is 20.3 Å². The highest BCUT2D eigenvalue weighted by molar-refractivity contribution is 5.89. The predicted molar refractivity (Wildman–Crippen MR) is 80.2 cm³/mol. The molecule has 1 saturated heterocycles. The lowest BCUT2D eigenvalue weighted by Gasteiger charge is -2.43. The van der Waals surface area contributed by atoms with Gasteiger partial charge in [-0.3, -0.25) is 9.69 Å². The largest absolute Gasteiger partial charge is 0.297 e. The third-order valence-corrected chi connectivity index (χ3v) is 4.90. The smallest absolute Gasteiger partial charge is 0.155 e. The van der Waals surface area contributed by atoms with Crippen LogP contribution in [0.4, 0.5) is 0 Å². The van der Waals surface area contributed by atoms with Crippen LogP contribution in [0.3, 0.4) is 0 Å². The van der Waals surface area contributed by atoms with Crippen molar-refractivity contribution < 1.29 is 4.79 Å². The minimum absolute atomic E-state index is 0.0995. The number of carbonyl (C=O) groups is 1. The molecule has 110 valence electrons. The van der Waals surface area contributed by atoms with E-state index in [1.54, 1.807) is 0 Å². The van der Waals surface area contributed by atoms with Gasteiger partial charge in [-0.2, -0.15) is 0 Å². The Labute approximate surface area is 118 Å². The Balaban J connectivity index is 2.29. The molecule has 3 atom stereocenters. The van der Waals surface area contributed by atoms with Crippen LogP contribution in [-0.2, 0) is 4.79 Å². The molecule has 0 bridgehead atoms. The van der Waals surface area contributed by atoms with E-state index in [1.807, 2.05) is 0 Å². The lowest BCUT2D eigenvalue weighted by molar-refractivity contribution is -0.133. The molecule has 0 N–H and O–H groups in total. The summed E-state index contributed by atoms with van der Waals surface area (Å²) in [6.45, 7) is 13.0. The molecule has 1 aliphatic heterocycles. The van der Waals surface area contributed by atoms with E-state index < -0.39 is 0 Å². The molecule has 0 aromatic heterocycles. The Hall–Kier alpha value is -0.370. The summed E-state index contributed by atoms with van der Waals surface area (Å²) in [5.41, 5.74) is -0.121. The van der Waals surface area contributed by atoms with Gasteiger partial charge >= 0.3 is 0 Å². The monoisotopic (exact) mass is 265 g/mol. The second kappa shape index (κ2) is 4.87. The summed E-state index contributed by atoms with van der Waals surface area (Å²) in [6, 6.07) is 0.790. The zero-order valence-electron chi connectivity index (χ0n) is 13.6. The fraction of sp³-hybridized carbons (Fsp3) is 0.941. The second-order valence-electron chi connectivity index (χ2n) is 8.56. The number of hydrogen-bond donors (Lipinski definition) is 0. The summed E-state index contributed by atoms with van der Waals surface area (Å²) >= 11 is 0. The van der Waals surface area contributed by atoms with Crippen molar-refractivity contribution in [1.29, 1.82) is 0 Å². The number of ketones is 1. The van der Waals surface area contributed by atoms with Gasteiger partial charge in [0.15, 0.2) is 5.78 Å². The summed E-state index contributed by atoms with van der Waals surface area (Å²) in [4.78, 5) is 15.4. The Kier molecular flexibility index (Phi) is 3.85. The first kappa shape index (κ1) is 15.0. The van der Waals surface area contributed by atoms with Gasteiger partial charge in [0.25, 0.3) is 0 Å². The lowest BCUT2D eigenvalue weighted by atomic mass is 9.82. The number of likely N-dealkylation sites (tertiary alicyclic amines) is 1. The maximum atomic E-state index is 12.8. The van der Waals surface area contributed by atoms with E-state index in [0.717, 1.165) is 12.3 Å². The van der Waals surface area contributed by atoms with Crippen LogP contribution in [0.5, 0.6) is 0 Å². The summed E-state index contributed by atoms with van der Waals surface area (Å²) in [6.07, 6.45) is 6.40. The molecular formula is C17H31NO. The number of hydrogen-bond acceptors (Lipinski definition) is 2. The fourth-order valence-electron chi connectivity index (χ4n) is 4.16. The van der Waals surface area contributed by atoms with Crippen molar-refractivity contribution in [2.75, 3.05) is 0 Å². The summed E-state index contributed by atoms with van der Waals surface area (Å²) < 4.78 is 0. The zero-order chi connectivity index (χ0) is 14.4. The zero-order valence-corrected chi connectivity index (χ0v) is 13.6. The van der Waals surface area contributed by atoms with Gasteiger partial charge in [-0.25, -0.2) is 0 Å². The van der Waals surface area contributed by atoms with Crippen LogP contribution < -0.4 is 0 Å². The summed E-state index contributed by atoms with van der Waals surface area (Å²) in [5.74, 6) is 1.20. The maximum absolute atomic E-state index is 12.8. The molecule has 0 amide bonds. The first-order valence-corrected chi connectivity index (χ1v) is 7.95. The summed E-state index contributed by atoms with van der Waals surface area (Å²) in [5, 5.41) is 0. The van der Waals surface area contributed by atoms with Crippen LogP contribution in [0.2, 0.25) is 0 Å². The van der Waals surface area contributed by atoms with Crippen LogP contribution in [0.15, 0.2) is 0 Å². The third-order valence-electron chi connectivity index (χ3n) is 4.90. The molecule has 0 aromatic rings. The fourth-order valence-corrected chi connectivity index (χ4v) is 4.16. The van der Waals surface area contributed by atoms with Gasteiger partial charge in [0.2, 0.25) is 0 Å². The SMILES string of the molecule is CC(C)(C)C(=O)[C@@H]1CC2CCCCC2N1C(C)(C)C. The van der Waals surface area contributed by atoms with Crippen molar-refractivity contribution in [3.63, 3.8) is 0 Å². The molecule has 0 spiro atoms. The van der Waals surface area contributed by atoms with Crippen LogP contribution in [-0.4, -0.2) is 28.3 Å². The van der Waals surface area contributed by atoms with Crippen molar-refractivity contribution in [2.45, 2.75) is 91.3 Å². The second-order valence-corrected chi connectivity index (χ2v) is 8.56. The molecule has 1 saturated carbocycles. The van der Waals surface area contributed by atoms with Gasteiger partial charge in [-0.1, -0.05) is 33.6 Å². The van der Waals surface area contributed by atoms with Crippen LogP contribution in [0.25, 0.3) is 0 Å². The molecule has 2 fully saturated rings. The molecule has 2 nitrogen and oxygen atoms in total. The molecule has 0 aromatic carbocycles. The number of nitrogens with zero attached hydrogens (tertiary/aromatic N) is 1. The van der Waals surface area contributed by atoms with Gasteiger partial charge < -0.3 is 0 Å². The molecule has 2 unspecified atom stereocenters. The normalized spacial score (nSPS) is 33.3. The quantitative estimate of drug-likeness (QED) is 0.713. The number of Topliss-reactive ketones (excluding diaryl/α,β-unsaturated/α-hetero) is 1. The lowest BCUT2D eigenvalue weighted by Crippen LogP contribution is -2.54. The molecule has 0 radical (unpaired) electrons. The molecule has 2 heteroatoms. The number of carbonyl (C=O) groups excluding carboxylic acids is 1. The van der Waals surface area contributed by atoms with Crippen LogP contribution in [0.1, 0.15) is 73.6 Å². The third kappa shape index (κ3) is 2.89. The predicted octanol–water partition coefficient (Wildman–Crippen LogP) is 4.03. The molecule has 2 rings (SSSR count). The van der Waals surface area contributed by atoms with E-state index in [0.29, 0.717) is 11.8 Å². The van der Waals surface area contributed by atoms with Gasteiger partial charge in [-0.15, -0.1) is 0 Å². The molecule has 1 heterocycles. The summed E-state index contributed by atoms with van der Waals surface area (Å²) in [7, 11) is 0. The van der Waals surface area contributed by atoms with E-state index in [9.17, 15) is 4.79 Å². The van der Waals surface area contributed by atoms with E-state index in [-0.39, 0.29) is 17.0 Å². The van der Waals surface area contributed by atoms with E-state index >= 15 is 0 Å². The minimum atomic E-state index is -0.221. The van der Waals surface area contributed by atoms with Gasteiger partial charge in [0, 0.05) is 17.0 Å². The highest BCUT2D eigenvalue weighted by Crippen LogP contribution is 2.44. The standard InChI is InChI=1S/C17H31NO/c1-16(2,3)15(19)14-11-12-9-7-8-10-13(12)18(14)17(4,5)6/h12-14H,7-11H2,1-6H3/t12?,13?,14-/m0/s1. The average molecular weight is 265 g/mol. The maximum Gasteiger partial charge on any atom is 0.155 e. The average Bonchev–Trinajstić information content (AvgIpc) is 2.64. The Morgan fingerprint density at radius 2 is 1.58 bits per heavy atom. The Morgan fingerprint density at radius 1 is 1.00 bits per heavy atom. The van der Waals surface area contributed by atoms with Gasteiger partial charge in [0.1, 0.15) is 0 Å². The number of fused-ring (bicyclic) bond motifs is 1. The van der Waals surface area contributed by atoms with Crippen molar-refractivity contribution in [2.24, 2.45) is 11.3 Å². The van der Waals surface area contributed by atoms with Crippen molar-refractivity contribution in [3.05, 3.63) is 0 Å². The van der Waals surface area contributed by atoms with Crippen LogP contribution >= 0.6 is 0 Å². The Morgan fingerprint density at radius 3 is 2.11 bits per heavy atom. The van der Waals surface area contributed by atoms with Crippen molar-refractivity contribution in [3.8, 4) is 0 Å². The molecule has 2 aliphatic rings. The molecular weight excluding hydrogens is 234 g/mol. The highest BCUT2D eigenvalue weighted by atomic mass is 16.1. The van der Waals surface area contributed by atoms with E-state index in [2.05, 4.69) is 46.4 Å².